The van der Waals surface area contributed by atoms with Crippen LogP contribution in [0.25, 0.3) is 0 Å². The van der Waals surface area contributed by atoms with Crippen LogP contribution in [0.2, 0.25) is 0 Å². The molecule has 2 heterocycles. The number of ether oxygens (including phenoxy) is 1. The van der Waals surface area contributed by atoms with Gasteiger partial charge in [0.05, 0.1) is 12.0 Å². The monoisotopic (exact) mass is 341 g/mol. The number of fused-ring (bicyclic) bond motifs is 3. The molecule has 1 amide bonds. The summed E-state index contributed by atoms with van der Waals surface area (Å²) in [7, 11) is 0. The number of carboxylic acid groups (broad SMARTS) is 1. The Morgan fingerprint density at radius 2 is 2.08 bits per heavy atom. The Labute approximate surface area is 147 Å². The lowest BCUT2D eigenvalue weighted by Crippen LogP contribution is -2.45. The summed E-state index contributed by atoms with van der Waals surface area (Å²) in [6, 6.07) is 8.48. The normalized spacial score (nSPS) is 38.5. The molecule has 1 spiro atoms. The smallest absolute Gasteiger partial charge is 0.311 e. The third-order valence-electron chi connectivity index (χ3n) is 7.21. The van der Waals surface area contributed by atoms with Gasteiger partial charge in [0.1, 0.15) is 0 Å². The van der Waals surface area contributed by atoms with E-state index in [2.05, 4.69) is 24.3 Å². The van der Waals surface area contributed by atoms with Gasteiger partial charge in [-0.3, -0.25) is 9.59 Å². The number of aliphatic carboxylic acids is 1. The molecule has 0 bridgehead atoms. The van der Waals surface area contributed by atoms with Crippen molar-refractivity contribution < 1.29 is 19.4 Å². The van der Waals surface area contributed by atoms with Crippen molar-refractivity contribution in [2.45, 2.75) is 31.1 Å². The third kappa shape index (κ3) is 1.99. The Morgan fingerprint density at radius 1 is 1.24 bits per heavy atom. The Kier molecular flexibility index (Phi) is 3.12. The average Bonchev–Trinajstić information content (AvgIpc) is 3.03. The zero-order valence-electron chi connectivity index (χ0n) is 14.2. The molecule has 0 unspecified atom stereocenters. The molecule has 2 aliphatic carbocycles. The van der Waals surface area contributed by atoms with Crippen LogP contribution in [0.1, 0.15) is 30.4 Å². The van der Waals surface area contributed by atoms with Gasteiger partial charge in [0.25, 0.3) is 0 Å². The van der Waals surface area contributed by atoms with Crippen LogP contribution in [0.5, 0.6) is 0 Å². The lowest BCUT2D eigenvalue weighted by atomic mass is 9.74. The third-order valence-corrected chi connectivity index (χ3v) is 7.21. The Balaban J connectivity index is 1.38. The van der Waals surface area contributed by atoms with Crippen molar-refractivity contribution >= 4 is 11.9 Å². The highest BCUT2D eigenvalue weighted by Gasteiger charge is 2.64. The van der Waals surface area contributed by atoms with Crippen LogP contribution >= 0.6 is 0 Å². The molecule has 132 valence electrons. The second-order valence-electron chi connectivity index (χ2n) is 8.27. The molecule has 5 nitrogen and oxygen atoms in total. The van der Waals surface area contributed by atoms with Gasteiger partial charge in [-0.25, -0.2) is 0 Å². The van der Waals surface area contributed by atoms with E-state index >= 15 is 0 Å². The summed E-state index contributed by atoms with van der Waals surface area (Å²) in [6.45, 7) is 1.81. The second kappa shape index (κ2) is 5.07. The lowest BCUT2D eigenvalue weighted by molar-refractivity contribution is -0.157. The minimum Gasteiger partial charge on any atom is -0.481 e. The van der Waals surface area contributed by atoms with E-state index in [0.29, 0.717) is 32.7 Å². The predicted molar refractivity (Wildman–Crippen MR) is 90.1 cm³/mol. The van der Waals surface area contributed by atoms with Crippen molar-refractivity contribution in [2.24, 2.45) is 17.3 Å². The topological polar surface area (TPSA) is 66.8 Å². The molecule has 5 heteroatoms. The molecule has 5 rings (SSSR count). The fraction of sp³-hybridized carbons (Fsp3) is 0.600. The van der Waals surface area contributed by atoms with E-state index in [1.54, 1.807) is 0 Å². The van der Waals surface area contributed by atoms with Crippen molar-refractivity contribution in [3.8, 4) is 0 Å². The second-order valence-corrected chi connectivity index (χ2v) is 8.27. The maximum Gasteiger partial charge on any atom is 0.311 e. The Hall–Kier alpha value is -1.88. The number of amides is 1. The van der Waals surface area contributed by atoms with E-state index < -0.39 is 11.4 Å². The number of rotatable bonds is 2. The number of carboxylic acids is 1. The highest BCUT2D eigenvalue weighted by Crippen LogP contribution is 2.62. The maximum atomic E-state index is 13.2. The van der Waals surface area contributed by atoms with E-state index in [0.717, 1.165) is 19.3 Å². The molecule has 2 aliphatic heterocycles. The molecule has 4 atom stereocenters. The van der Waals surface area contributed by atoms with Crippen LogP contribution in [0.3, 0.4) is 0 Å². The molecule has 0 radical (unpaired) electrons. The van der Waals surface area contributed by atoms with Gasteiger partial charge in [-0.2, -0.15) is 0 Å². The summed E-state index contributed by atoms with van der Waals surface area (Å²) in [5.74, 6) is -0.657. The van der Waals surface area contributed by atoms with Crippen LogP contribution in [0.15, 0.2) is 24.3 Å². The Bertz CT molecular complexity index is 762. The molecule has 4 aliphatic rings. The molecular weight excluding hydrogens is 318 g/mol. The van der Waals surface area contributed by atoms with Crippen LogP contribution < -0.4 is 0 Å². The first-order valence-corrected chi connectivity index (χ1v) is 9.25. The largest absolute Gasteiger partial charge is 0.481 e. The van der Waals surface area contributed by atoms with Gasteiger partial charge >= 0.3 is 5.97 Å². The van der Waals surface area contributed by atoms with Crippen LogP contribution in [0.4, 0.5) is 0 Å². The van der Waals surface area contributed by atoms with Crippen molar-refractivity contribution in [2.75, 3.05) is 26.3 Å². The number of carbonyl (C=O) groups is 2. The first kappa shape index (κ1) is 15.4. The standard InChI is InChI=1S/C20H23NO4/c22-17(16-9-19(16)6-5-13-3-1-2-4-15(13)19)21-10-14-11-25-8-7-20(14,12-21)18(23)24/h1-4,14,16H,5-12H2,(H,23,24)/t14-,16+,19+,20+/m0/s1. The van der Waals surface area contributed by atoms with Gasteiger partial charge in [0.2, 0.25) is 5.91 Å². The van der Waals surface area contributed by atoms with E-state index in [1.165, 1.54) is 11.1 Å². The summed E-state index contributed by atoms with van der Waals surface area (Å²) < 4.78 is 5.50. The number of benzene rings is 1. The Morgan fingerprint density at radius 3 is 2.88 bits per heavy atom. The van der Waals surface area contributed by atoms with Crippen molar-refractivity contribution in [1.29, 1.82) is 0 Å². The van der Waals surface area contributed by atoms with E-state index in [4.69, 9.17) is 4.74 Å². The number of hydrogen-bond donors (Lipinski definition) is 1. The highest BCUT2D eigenvalue weighted by atomic mass is 16.5. The summed E-state index contributed by atoms with van der Waals surface area (Å²) in [4.78, 5) is 26.9. The van der Waals surface area contributed by atoms with Crippen LogP contribution in [-0.2, 0) is 26.2 Å². The summed E-state index contributed by atoms with van der Waals surface area (Å²) >= 11 is 0. The van der Waals surface area contributed by atoms with Gasteiger partial charge in [-0.1, -0.05) is 24.3 Å². The molecule has 1 saturated carbocycles. The number of nitrogens with zero attached hydrogens (tertiary/aromatic N) is 1. The summed E-state index contributed by atoms with van der Waals surface area (Å²) in [6.07, 6.45) is 3.53. The maximum absolute atomic E-state index is 13.2. The van der Waals surface area contributed by atoms with Crippen LogP contribution in [-0.4, -0.2) is 48.2 Å². The van der Waals surface area contributed by atoms with Gasteiger partial charge in [0, 0.05) is 36.9 Å². The molecule has 25 heavy (non-hydrogen) atoms. The quantitative estimate of drug-likeness (QED) is 0.891. The fourth-order valence-electron chi connectivity index (χ4n) is 5.61. The number of hydrogen-bond acceptors (Lipinski definition) is 3. The molecule has 0 aromatic heterocycles. The number of carbonyl (C=O) groups excluding carboxylic acids is 1. The molecule has 1 aromatic carbocycles. The lowest BCUT2D eigenvalue weighted by Gasteiger charge is -2.33. The number of aryl methyl sites for hydroxylation is 1. The van der Waals surface area contributed by atoms with E-state index in [9.17, 15) is 14.7 Å². The zero-order valence-corrected chi connectivity index (χ0v) is 14.2. The van der Waals surface area contributed by atoms with Gasteiger partial charge in [-0.05, 0) is 36.8 Å². The molecular formula is C20H23NO4. The SMILES string of the molecule is O=C([C@H]1C[C@@]12CCc1ccccc12)N1C[C@H]2COCC[C@@]2(C(=O)O)C1. The summed E-state index contributed by atoms with van der Waals surface area (Å²) in [5.41, 5.74) is 1.95. The zero-order chi connectivity index (χ0) is 17.2. The van der Waals surface area contributed by atoms with Crippen LogP contribution in [0, 0.1) is 17.3 Å². The molecule has 3 fully saturated rings. The van der Waals surface area contributed by atoms with E-state index in [1.807, 2.05) is 4.90 Å². The average molecular weight is 341 g/mol. The molecule has 2 saturated heterocycles. The van der Waals surface area contributed by atoms with Gasteiger partial charge in [0.15, 0.2) is 0 Å². The molecule has 1 aromatic rings. The van der Waals surface area contributed by atoms with Gasteiger partial charge in [-0.15, -0.1) is 0 Å². The van der Waals surface area contributed by atoms with Crippen molar-refractivity contribution in [1.82, 2.24) is 4.90 Å². The predicted octanol–water partition coefficient (Wildman–Crippen LogP) is 1.84. The van der Waals surface area contributed by atoms with Gasteiger partial charge < -0.3 is 14.7 Å². The molecule has 1 N–H and O–H groups in total. The number of likely N-dealkylation sites (tertiary alicyclic amines) is 1. The fourth-order valence-corrected chi connectivity index (χ4v) is 5.61. The van der Waals surface area contributed by atoms with E-state index in [-0.39, 0.29) is 23.2 Å². The minimum absolute atomic E-state index is 0.0221. The van der Waals surface area contributed by atoms with Crippen molar-refractivity contribution in [3.63, 3.8) is 0 Å². The summed E-state index contributed by atoms with van der Waals surface area (Å²) in [5, 5.41) is 9.79. The highest BCUT2D eigenvalue weighted by molar-refractivity contribution is 5.87. The van der Waals surface area contributed by atoms with Crippen molar-refractivity contribution in [3.05, 3.63) is 35.4 Å². The minimum atomic E-state index is -0.802. The first-order valence-electron chi connectivity index (χ1n) is 9.25. The first-order chi connectivity index (χ1) is 12.1.